The van der Waals surface area contributed by atoms with Crippen molar-refractivity contribution in [1.82, 2.24) is 14.4 Å². The zero-order chi connectivity index (χ0) is 22.9. The molecule has 0 unspecified atom stereocenters. The molecule has 164 valence electrons. The molecule has 1 amide bonds. The Morgan fingerprint density at radius 2 is 1.84 bits per heavy atom. The van der Waals surface area contributed by atoms with Gasteiger partial charge in [-0.15, -0.1) is 0 Å². The van der Waals surface area contributed by atoms with Gasteiger partial charge in [-0.2, -0.15) is 13.2 Å². The number of hydrogen-bond acceptors (Lipinski definition) is 4. The van der Waals surface area contributed by atoms with Crippen molar-refractivity contribution in [1.29, 1.82) is 0 Å². The Hall–Kier alpha value is -3.88. The number of imidazole rings is 1. The minimum absolute atomic E-state index is 0.257. The summed E-state index contributed by atoms with van der Waals surface area (Å²) in [6.45, 7) is 1.40. The quantitative estimate of drug-likeness (QED) is 0.470. The molecule has 0 fully saturated rings. The fourth-order valence-electron chi connectivity index (χ4n) is 3.54. The monoisotopic (exact) mass is 439 g/mol. The van der Waals surface area contributed by atoms with E-state index in [1.165, 1.54) is 13.1 Å². The van der Waals surface area contributed by atoms with Crippen LogP contribution in [0.5, 0.6) is 0 Å². The van der Waals surface area contributed by atoms with Gasteiger partial charge in [-0.1, -0.05) is 30.3 Å². The number of nitrogen functional groups attached to an aromatic ring is 1. The fraction of sp³-hybridized carbons (Fsp3) is 0.174. The Morgan fingerprint density at radius 1 is 1.09 bits per heavy atom. The van der Waals surface area contributed by atoms with E-state index >= 15 is 0 Å². The number of halogens is 3. The number of hydrogen-bond donors (Lipinski definition) is 2. The minimum atomic E-state index is -4.61. The highest BCUT2D eigenvalue weighted by Gasteiger charge is 2.34. The molecule has 0 aliphatic rings. The van der Waals surface area contributed by atoms with Crippen molar-refractivity contribution >= 4 is 23.2 Å². The lowest BCUT2D eigenvalue weighted by Gasteiger charge is -2.12. The Labute approximate surface area is 181 Å². The molecule has 6 nitrogen and oxygen atoms in total. The molecular formula is C23H20F3N5O. The van der Waals surface area contributed by atoms with Gasteiger partial charge in [-0.05, 0) is 36.6 Å². The summed E-state index contributed by atoms with van der Waals surface area (Å²) in [5.41, 5.74) is 7.67. The topological polar surface area (TPSA) is 85.3 Å². The summed E-state index contributed by atoms with van der Waals surface area (Å²) in [6, 6.07) is 14.2. The van der Waals surface area contributed by atoms with Crippen molar-refractivity contribution in [2.75, 3.05) is 11.1 Å². The third kappa shape index (κ3) is 4.41. The van der Waals surface area contributed by atoms with Crippen LogP contribution in [0.4, 0.5) is 24.8 Å². The van der Waals surface area contributed by atoms with E-state index in [2.05, 4.69) is 15.3 Å². The average Bonchev–Trinajstić information content (AvgIpc) is 3.08. The first-order chi connectivity index (χ1) is 15.2. The van der Waals surface area contributed by atoms with Gasteiger partial charge in [0.15, 0.2) is 5.82 Å². The highest BCUT2D eigenvalue weighted by molar-refractivity contribution is 5.89. The SMILES string of the molecule is CC(=O)Nc1nc2ccc(-c3cnc(N)c(C(F)(F)F)c3)cn2c1CCc1ccccc1. The average molecular weight is 439 g/mol. The van der Waals surface area contributed by atoms with Crippen LogP contribution >= 0.6 is 0 Å². The fourth-order valence-corrected chi connectivity index (χ4v) is 3.54. The van der Waals surface area contributed by atoms with E-state index in [0.29, 0.717) is 29.9 Å². The molecule has 0 aliphatic heterocycles. The Morgan fingerprint density at radius 3 is 2.53 bits per heavy atom. The van der Waals surface area contributed by atoms with Crippen molar-refractivity contribution < 1.29 is 18.0 Å². The number of aryl methyl sites for hydroxylation is 2. The molecule has 4 rings (SSSR count). The number of fused-ring (bicyclic) bond motifs is 1. The van der Waals surface area contributed by atoms with E-state index in [-0.39, 0.29) is 11.5 Å². The number of pyridine rings is 2. The molecule has 3 heterocycles. The van der Waals surface area contributed by atoms with Gasteiger partial charge in [-0.25, -0.2) is 9.97 Å². The number of nitrogens with zero attached hydrogens (tertiary/aromatic N) is 3. The molecular weight excluding hydrogens is 419 g/mol. The largest absolute Gasteiger partial charge is 0.419 e. The minimum Gasteiger partial charge on any atom is -0.383 e. The maximum absolute atomic E-state index is 13.3. The van der Waals surface area contributed by atoms with Gasteiger partial charge in [0.25, 0.3) is 0 Å². The molecule has 4 aromatic rings. The highest BCUT2D eigenvalue weighted by atomic mass is 19.4. The Kier molecular flexibility index (Phi) is 5.56. The summed E-state index contributed by atoms with van der Waals surface area (Å²) in [4.78, 5) is 19.9. The summed E-state index contributed by atoms with van der Waals surface area (Å²) >= 11 is 0. The number of rotatable bonds is 5. The van der Waals surface area contributed by atoms with Crippen molar-refractivity contribution in [2.24, 2.45) is 0 Å². The van der Waals surface area contributed by atoms with E-state index in [9.17, 15) is 18.0 Å². The summed E-state index contributed by atoms with van der Waals surface area (Å²) < 4.78 is 41.6. The molecule has 9 heteroatoms. The Balaban J connectivity index is 1.78. The van der Waals surface area contributed by atoms with Gasteiger partial charge in [-0.3, -0.25) is 4.79 Å². The van der Waals surface area contributed by atoms with E-state index < -0.39 is 17.6 Å². The number of nitrogens with two attached hydrogens (primary N) is 1. The second kappa shape index (κ2) is 8.33. The molecule has 32 heavy (non-hydrogen) atoms. The van der Waals surface area contributed by atoms with Gasteiger partial charge in [0.2, 0.25) is 5.91 Å². The Bertz CT molecular complexity index is 1280. The molecule has 0 radical (unpaired) electrons. The number of anilines is 2. The number of aromatic nitrogens is 3. The van der Waals surface area contributed by atoms with Crippen LogP contribution in [0.3, 0.4) is 0 Å². The highest BCUT2D eigenvalue weighted by Crippen LogP contribution is 2.35. The number of benzene rings is 1. The third-order valence-electron chi connectivity index (χ3n) is 5.06. The van der Waals surface area contributed by atoms with E-state index in [4.69, 9.17) is 5.73 Å². The first-order valence-corrected chi connectivity index (χ1v) is 9.88. The zero-order valence-electron chi connectivity index (χ0n) is 17.1. The van der Waals surface area contributed by atoms with E-state index in [0.717, 1.165) is 17.3 Å². The molecule has 1 aromatic carbocycles. The van der Waals surface area contributed by atoms with Crippen LogP contribution in [0, 0.1) is 0 Å². The molecule has 3 N–H and O–H groups in total. The predicted octanol–water partition coefficient (Wildman–Crippen LogP) is 4.74. The van der Waals surface area contributed by atoms with E-state index in [1.807, 2.05) is 30.3 Å². The molecule has 3 aromatic heterocycles. The smallest absolute Gasteiger partial charge is 0.383 e. The van der Waals surface area contributed by atoms with Crippen LogP contribution in [0.15, 0.2) is 60.9 Å². The van der Waals surface area contributed by atoms with Crippen molar-refractivity contribution in [2.45, 2.75) is 25.9 Å². The standard InChI is InChI=1S/C23H20F3N5O/c1-14(32)29-22-19(9-7-15-5-3-2-4-6-15)31-13-16(8-10-20(31)30-22)17-11-18(23(24,25)26)21(27)28-12-17/h2-6,8,10-13H,7,9H2,1H3,(H2,27,28)(H,29,32). The molecule has 0 atom stereocenters. The van der Waals surface area contributed by atoms with Crippen molar-refractivity contribution in [3.05, 3.63) is 77.7 Å². The van der Waals surface area contributed by atoms with Crippen molar-refractivity contribution in [3.8, 4) is 11.1 Å². The van der Waals surface area contributed by atoms with Crippen LogP contribution < -0.4 is 11.1 Å². The molecule has 0 bridgehead atoms. The van der Waals surface area contributed by atoms with Crippen LogP contribution in [0.2, 0.25) is 0 Å². The second-order valence-electron chi connectivity index (χ2n) is 7.37. The number of carbonyl (C=O) groups excluding carboxylic acids is 1. The summed E-state index contributed by atoms with van der Waals surface area (Å²) in [6.07, 6.45) is -0.334. The number of alkyl halides is 3. The van der Waals surface area contributed by atoms with Crippen LogP contribution in [-0.2, 0) is 23.8 Å². The van der Waals surface area contributed by atoms with Crippen molar-refractivity contribution in [3.63, 3.8) is 0 Å². The first kappa shape index (κ1) is 21.4. The zero-order valence-corrected chi connectivity index (χ0v) is 17.1. The van der Waals surface area contributed by atoms with Crippen LogP contribution in [0.25, 0.3) is 16.8 Å². The normalized spacial score (nSPS) is 11.6. The maximum Gasteiger partial charge on any atom is 0.419 e. The molecule has 0 spiro atoms. The molecule has 0 saturated heterocycles. The molecule has 0 saturated carbocycles. The lowest BCUT2D eigenvalue weighted by Crippen LogP contribution is -2.10. The second-order valence-corrected chi connectivity index (χ2v) is 7.37. The number of amides is 1. The van der Waals surface area contributed by atoms with Gasteiger partial charge < -0.3 is 15.5 Å². The first-order valence-electron chi connectivity index (χ1n) is 9.88. The van der Waals surface area contributed by atoms with Gasteiger partial charge >= 0.3 is 6.18 Å². The lowest BCUT2D eigenvalue weighted by molar-refractivity contribution is -0.137. The van der Waals surface area contributed by atoms with Gasteiger partial charge in [0.05, 0.1) is 11.3 Å². The summed E-state index contributed by atoms with van der Waals surface area (Å²) in [5.74, 6) is -0.398. The van der Waals surface area contributed by atoms with Gasteiger partial charge in [0, 0.05) is 30.4 Å². The molecule has 0 aliphatic carbocycles. The number of carbonyl (C=O) groups is 1. The lowest BCUT2D eigenvalue weighted by atomic mass is 10.1. The summed E-state index contributed by atoms with van der Waals surface area (Å²) in [7, 11) is 0. The maximum atomic E-state index is 13.3. The van der Waals surface area contributed by atoms with Crippen LogP contribution in [0.1, 0.15) is 23.7 Å². The van der Waals surface area contributed by atoms with E-state index in [1.54, 1.807) is 22.7 Å². The summed E-state index contributed by atoms with van der Waals surface area (Å²) in [5, 5.41) is 2.75. The third-order valence-corrected chi connectivity index (χ3v) is 5.06. The predicted molar refractivity (Wildman–Crippen MR) is 116 cm³/mol. The van der Waals surface area contributed by atoms with Gasteiger partial charge in [0.1, 0.15) is 11.5 Å². The number of nitrogens with one attached hydrogen (secondary N) is 1. The van der Waals surface area contributed by atoms with Crippen LogP contribution in [-0.4, -0.2) is 20.3 Å².